The summed E-state index contributed by atoms with van der Waals surface area (Å²) in [7, 11) is 0. The van der Waals surface area contributed by atoms with Crippen LogP contribution in [0.25, 0.3) is 0 Å². The van der Waals surface area contributed by atoms with E-state index in [4.69, 9.17) is 23.2 Å². The molecule has 21 heavy (non-hydrogen) atoms. The molecule has 0 aliphatic carbocycles. The minimum Gasteiger partial charge on any atom is -0.321 e. The Labute approximate surface area is 129 Å². The van der Waals surface area contributed by atoms with E-state index in [1.165, 1.54) is 12.3 Å². The maximum Gasteiger partial charge on any atom is 0.319 e. The highest BCUT2D eigenvalue weighted by Gasteiger charge is 2.25. The second-order valence-electron chi connectivity index (χ2n) is 4.17. The number of nitrogens with one attached hydrogen (secondary N) is 1. The van der Waals surface area contributed by atoms with Crippen molar-refractivity contribution in [1.82, 2.24) is 4.98 Å². The molecule has 0 aliphatic heterocycles. The van der Waals surface area contributed by atoms with Gasteiger partial charge in [-0.2, -0.15) is 0 Å². The van der Waals surface area contributed by atoms with Crippen molar-refractivity contribution in [3.8, 4) is 0 Å². The molecule has 0 saturated heterocycles. The predicted octanol–water partition coefficient (Wildman–Crippen LogP) is 3.86. The van der Waals surface area contributed by atoms with Gasteiger partial charge in [0.25, 0.3) is 5.91 Å². The molecule has 1 heterocycles. The number of carbonyl (C=O) groups excluding carboxylic acids is 1. The molecule has 1 N–H and O–H groups in total. The molecule has 1 aromatic heterocycles. The Morgan fingerprint density at radius 1 is 1.33 bits per heavy atom. The van der Waals surface area contributed by atoms with Crippen LogP contribution in [-0.2, 0) is 0 Å². The molecule has 0 atom stereocenters. The monoisotopic (exact) mass is 325 g/mol. The summed E-state index contributed by atoms with van der Waals surface area (Å²) >= 11 is 11.5. The first-order valence-electron chi connectivity index (χ1n) is 5.76. The lowest BCUT2D eigenvalue weighted by atomic mass is 10.1. The highest BCUT2D eigenvalue weighted by Crippen LogP contribution is 2.27. The van der Waals surface area contributed by atoms with Crippen LogP contribution in [0.15, 0.2) is 30.5 Å². The number of nitro groups is 1. The van der Waals surface area contributed by atoms with E-state index in [-0.39, 0.29) is 10.7 Å². The summed E-state index contributed by atoms with van der Waals surface area (Å²) in [6, 6.07) is 6.20. The Balaban J connectivity index is 2.40. The van der Waals surface area contributed by atoms with Crippen molar-refractivity contribution >= 4 is 40.5 Å². The van der Waals surface area contributed by atoms with Gasteiger partial charge in [-0.1, -0.05) is 29.3 Å². The van der Waals surface area contributed by atoms with Crippen LogP contribution in [0.2, 0.25) is 10.2 Å². The van der Waals surface area contributed by atoms with Crippen molar-refractivity contribution in [3.63, 3.8) is 0 Å². The molecule has 108 valence electrons. The van der Waals surface area contributed by atoms with Crippen LogP contribution < -0.4 is 5.32 Å². The standard InChI is InChI=1S/C13H9Cl2N3O3/c1-7-2-3-8(14)6-10(7)17-13(19)9-4-5-16-12(15)11(9)18(20)21/h2-6H,1H3,(H,17,19). The van der Waals surface area contributed by atoms with Crippen molar-refractivity contribution in [1.29, 1.82) is 0 Å². The molecule has 0 saturated carbocycles. The van der Waals surface area contributed by atoms with Crippen LogP contribution in [0.3, 0.4) is 0 Å². The van der Waals surface area contributed by atoms with Gasteiger partial charge < -0.3 is 5.32 Å². The van der Waals surface area contributed by atoms with E-state index in [1.54, 1.807) is 25.1 Å². The molecule has 2 aromatic rings. The molecule has 1 amide bonds. The van der Waals surface area contributed by atoms with Crippen molar-refractivity contribution in [2.45, 2.75) is 6.92 Å². The van der Waals surface area contributed by atoms with E-state index in [9.17, 15) is 14.9 Å². The summed E-state index contributed by atoms with van der Waals surface area (Å²) < 4.78 is 0. The van der Waals surface area contributed by atoms with Gasteiger partial charge in [-0.3, -0.25) is 14.9 Å². The number of halogens is 2. The smallest absolute Gasteiger partial charge is 0.319 e. The van der Waals surface area contributed by atoms with Gasteiger partial charge >= 0.3 is 5.69 Å². The van der Waals surface area contributed by atoms with Crippen LogP contribution in [-0.4, -0.2) is 15.8 Å². The lowest BCUT2D eigenvalue weighted by molar-refractivity contribution is -0.385. The Hall–Kier alpha value is -2.18. The Bertz CT molecular complexity index is 735. The Morgan fingerprint density at radius 2 is 2.05 bits per heavy atom. The van der Waals surface area contributed by atoms with E-state index in [2.05, 4.69) is 10.3 Å². The minimum atomic E-state index is -0.741. The second kappa shape index (κ2) is 6.07. The number of rotatable bonds is 3. The third kappa shape index (κ3) is 3.29. The average Bonchev–Trinajstić information content (AvgIpc) is 2.42. The highest BCUT2D eigenvalue weighted by molar-refractivity contribution is 6.32. The normalized spacial score (nSPS) is 10.2. The summed E-state index contributed by atoms with van der Waals surface area (Å²) in [5, 5.41) is 13.7. The van der Waals surface area contributed by atoms with Crippen LogP contribution in [0.5, 0.6) is 0 Å². The summed E-state index contributed by atoms with van der Waals surface area (Å²) in [6.45, 7) is 1.78. The van der Waals surface area contributed by atoms with Gasteiger partial charge in [0, 0.05) is 16.9 Å². The number of hydrogen-bond donors (Lipinski definition) is 1. The van der Waals surface area contributed by atoms with Crippen LogP contribution in [0.4, 0.5) is 11.4 Å². The molecule has 8 heteroatoms. The largest absolute Gasteiger partial charge is 0.321 e. The molecule has 0 bridgehead atoms. The van der Waals surface area contributed by atoms with Crippen molar-refractivity contribution in [2.75, 3.05) is 5.32 Å². The molecular weight excluding hydrogens is 317 g/mol. The first-order valence-corrected chi connectivity index (χ1v) is 6.52. The van der Waals surface area contributed by atoms with E-state index in [0.29, 0.717) is 10.7 Å². The third-order valence-electron chi connectivity index (χ3n) is 2.75. The minimum absolute atomic E-state index is 0.167. The van der Waals surface area contributed by atoms with Gasteiger partial charge in [0.05, 0.1) is 4.92 Å². The van der Waals surface area contributed by atoms with Crippen molar-refractivity contribution in [3.05, 3.63) is 61.9 Å². The summed E-state index contributed by atoms with van der Waals surface area (Å²) in [4.78, 5) is 26.1. The molecule has 1 aromatic carbocycles. The fourth-order valence-corrected chi connectivity index (χ4v) is 2.10. The number of aryl methyl sites for hydroxylation is 1. The predicted molar refractivity (Wildman–Crippen MR) is 80.0 cm³/mol. The molecule has 0 spiro atoms. The van der Waals surface area contributed by atoms with Gasteiger partial charge in [-0.15, -0.1) is 0 Å². The quantitative estimate of drug-likeness (QED) is 0.527. The van der Waals surface area contributed by atoms with Gasteiger partial charge in [0.15, 0.2) is 0 Å². The number of hydrogen-bond acceptors (Lipinski definition) is 4. The highest BCUT2D eigenvalue weighted by atomic mass is 35.5. The van der Waals surface area contributed by atoms with Gasteiger partial charge in [0.1, 0.15) is 5.56 Å². The van der Waals surface area contributed by atoms with Gasteiger partial charge in [0.2, 0.25) is 5.15 Å². The topological polar surface area (TPSA) is 85.1 Å². The van der Waals surface area contributed by atoms with E-state index in [1.807, 2.05) is 0 Å². The first kappa shape index (κ1) is 15.2. The van der Waals surface area contributed by atoms with Crippen LogP contribution in [0, 0.1) is 17.0 Å². The maximum absolute atomic E-state index is 12.2. The third-order valence-corrected chi connectivity index (χ3v) is 3.27. The van der Waals surface area contributed by atoms with Crippen molar-refractivity contribution < 1.29 is 9.72 Å². The lowest BCUT2D eigenvalue weighted by Crippen LogP contribution is -2.15. The number of pyridine rings is 1. The Kier molecular flexibility index (Phi) is 4.40. The molecule has 0 radical (unpaired) electrons. The first-order chi connectivity index (χ1) is 9.90. The van der Waals surface area contributed by atoms with Gasteiger partial charge in [-0.25, -0.2) is 4.98 Å². The summed E-state index contributed by atoms with van der Waals surface area (Å²) in [6.07, 6.45) is 1.23. The average molecular weight is 326 g/mol. The number of amides is 1. The van der Waals surface area contributed by atoms with Crippen LogP contribution >= 0.6 is 23.2 Å². The molecule has 0 aliphatic rings. The van der Waals surface area contributed by atoms with E-state index in [0.717, 1.165) is 5.56 Å². The molecular formula is C13H9Cl2N3O3. The van der Waals surface area contributed by atoms with E-state index < -0.39 is 16.5 Å². The zero-order chi connectivity index (χ0) is 15.6. The number of carbonyl (C=O) groups is 1. The molecule has 2 rings (SSSR count). The molecule has 6 nitrogen and oxygen atoms in total. The zero-order valence-electron chi connectivity index (χ0n) is 10.8. The van der Waals surface area contributed by atoms with E-state index >= 15 is 0 Å². The fourth-order valence-electron chi connectivity index (χ4n) is 1.70. The van der Waals surface area contributed by atoms with Crippen molar-refractivity contribution in [2.24, 2.45) is 0 Å². The molecule has 0 fully saturated rings. The SMILES string of the molecule is Cc1ccc(Cl)cc1NC(=O)c1ccnc(Cl)c1[N+](=O)[O-]. The number of aromatic nitrogens is 1. The number of nitrogens with zero attached hydrogens (tertiary/aromatic N) is 2. The lowest BCUT2D eigenvalue weighted by Gasteiger charge is -2.09. The van der Waals surface area contributed by atoms with Crippen LogP contribution in [0.1, 0.15) is 15.9 Å². The number of anilines is 1. The molecule has 0 unspecified atom stereocenters. The fraction of sp³-hybridized carbons (Fsp3) is 0.0769. The second-order valence-corrected chi connectivity index (χ2v) is 4.96. The zero-order valence-corrected chi connectivity index (χ0v) is 12.3. The van der Waals surface area contributed by atoms with Gasteiger partial charge in [-0.05, 0) is 30.7 Å². The summed E-state index contributed by atoms with van der Waals surface area (Å²) in [5.74, 6) is -0.656. The number of benzene rings is 1. The summed E-state index contributed by atoms with van der Waals surface area (Å²) in [5.41, 5.74) is 0.543. The Morgan fingerprint density at radius 3 is 2.71 bits per heavy atom. The maximum atomic E-state index is 12.2.